The second kappa shape index (κ2) is 13.5. The van der Waals surface area contributed by atoms with Gasteiger partial charge in [-0.2, -0.15) is 0 Å². The minimum absolute atomic E-state index is 0. The molecule has 0 aliphatic heterocycles. The fourth-order valence-corrected chi connectivity index (χ4v) is 0. The number of aliphatic carboxylic acids is 2. The van der Waals surface area contributed by atoms with Crippen LogP contribution in [-0.2, 0) is 31.3 Å². The summed E-state index contributed by atoms with van der Waals surface area (Å²) < 4.78 is 0. The number of carboxylic acids is 2. The quantitative estimate of drug-likeness (QED) is 0.296. The summed E-state index contributed by atoms with van der Waals surface area (Å²) in [5, 5.41) is 17.9. The Hall–Kier alpha value is 2.93. The first-order valence-electron chi connectivity index (χ1n) is 1.07. The molecule has 0 N–H and O–H groups in total. The maximum Gasteiger partial charge on any atom is 1.00 e. The van der Waals surface area contributed by atoms with Crippen LogP contribution < -0.4 is 113 Å². The minimum atomic E-state index is -2.19. The van der Waals surface area contributed by atoms with Crippen LogP contribution in [0, 0.1) is 0 Å². The van der Waals surface area contributed by atoms with E-state index in [9.17, 15) is 0 Å². The van der Waals surface area contributed by atoms with E-state index in [1.54, 1.807) is 0 Å². The Kier molecular flexibility index (Phi) is 34.0. The van der Waals surface area contributed by atoms with Crippen LogP contribution in [0.5, 0.6) is 0 Å². The largest absolute Gasteiger partial charge is 1.00 e. The van der Waals surface area contributed by atoms with Gasteiger partial charge in [0.1, 0.15) is 0 Å². The van der Waals surface area contributed by atoms with Crippen molar-refractivity contribution < 1.29 is 144 Å². The number of carbonyl (C=O) groups is 2. The molecular weight excluding hydrogens is 214 g/mol. The molecule has 0 radical (unpaired) electrons. The molecule has 0 saturated carbocycles. The smallest absolute Gasteiger partial charge is 0.543 e. The van der Waals surface area contributed by atoms with Gasteiger partial charge in [-0.1, -0.05) is 0 Å². The number of hydrogen-bond acceptors (Lipinski definition) is 4. The summed E-state index contributed by atoms with van der Waals surface area (Å²) in [7, 11) is 0. The number of carbonyl (C=O) groups excluding carboxylic acids is 2. The van der Waals surface area contributed by atoms with E-state index in [4.69, 9.17) is 19.8 Å². The van der Waals surface area contributed by atoms with Crippen molar-refractivity contribution in [2.75, 3.05) is 0 Å². The van der Waals surface area contributed by atoms with Gasteiger partial charge in [0.15, 0.2) is 0 Å². The summed E-state index contributed by atoms with van der Waals surface area (Å²) in [4.78, 5) is 17.9. The molecule has 0 bridgehead atoms. The zero-order valence-corrected chi connectivity index (χ0v) is 12.9. The van der Waals surface area contributed by atoms with Gasteiger partial charge < -0.3 is 19.8 Å². The Morgan fingerprint density at radius 2 is 1.00 bits per heavy atom. The van der Waals surface area contributed by atoms with Crippen LogP contribution >= 0.6 is 0 Å². The van der Waals surface area contributed by atoms with Crippen molar-refractivity contribution in [1.29, 1.82) is 0 Å². The van der Waals surface area contributed by atoms with Crippen molar-refractivity contribution >= 4 is 11.9 Å². The average molecular weight is 214 g/mol. The van der Waals surface area contributed by atoms with E-state index in [1.165, 1.54) is 0 Å². The second-order valence-corrected chi connectivity index (χ2v) is 0.575. The third-order valence-electron chi connectivity index (χ3n) is 0.167. The topological polar surface area (TPSA) is 80.3 Å². The van der Waals surface area contributed by atoms with Crippen LogP contribution in [0.15, 0.2) is 0 Å². The predicted molar refractivity (Wildman–Crippen MR) is 10.0 cm³/mol. The molecule has 0 aliphatic carbocycles. The van der Waals surface area contributed by atoms with Gasteiger partial charge in [0.25, 0.3) is 0 Å². The first kappa shape index (κ1) is 22.7. The fourth-order valence-electron chi connectivity index (χ4n) is 0. The van der Waals surface area contributed by atoms with E-state index >= 15 is 0 Å². The van der Waals surface area contributed by atoms with E-state index < -0.39 is 11.9 Å². The molecule has 9 heavy (non-hydrogen) atoms. The van der Waals surface area contributed by atoms with Crippen molar-refractivity contribution in [3.8, 4) is 0 Å². The molecule has 0 saturated heterocycles. The first-order valence-corrected chi connectivity index (χ1v) is 1.07. The van der Waals surface area contributed by atoms with E-state index in [1.807, 2.05) is 0 Å². The van der Waals surface area contributed by atoms with E-state index in [0.717, 1.165) is 0 Å². The van der Waals surface area contributed by atoms with Gasteiger partial charge in [0, 0.05) is 21.7 Å². The molecular formula is C2K2O4Ti. The maximum atomic E-state index is 8.93. The van der Waals surface area contributed by atoms with Gasteiger partial charge >= 0.3 is 103 Å². The molecule has 7 heteroatoms. The molecule has 0 aromatic carbocycles. The molecule has 0 aromatic heterocycles. The molecule has 38 valence electrons. The zero-order chi connectivity index (χ0) is 5.15. The molecule has 0 spiro atoms. The van der Waals surface area contributed by atoms with Gasteiger partial charge in [-0.25, -0.2) is 0 Å². The normalized spacial score (nSPS) is 4.89. The Morgan fingerprint density at radius 1 is 0.889 bits per heavy atom. The van der Waals surface area contributed by atoms with Gasteiger partial charge in [-0.05, 0) is 0 Å². The summed E-state index contributed by atoms with van der Waals surface area (Å²) in [6.45, 7) is 0. The number of hydrogen-bond donors (Lipinski definition) is 0. The summed E-state index contributed by atoms with van der Waals surface area (Å²) in [6, 6.07) is 0. The van der Waals surface area contributed by atoms with Crippen LogP contribution in [-0.4, -0.2) is 11.9 Å². The van der Waals surface area contributed by atoms with Gasteiger partial charge in [0.2, 0.25) is 0 Å². The zero-order valence-electron chi connectivity index (χ0n) is 5.13. The van der Waals surface area contributed by atoms with Crippen LogP contribution in [0.1, 0.15) is 0 Å². The third-order valence-corrected chi connectivity index (χ3v) is 0.167. The van der Waals surface area contributed by atoms with E-state index in [-0.39, 0.29) is 124 Å². The van der Waals surface area contributed by atoms with Gasteiger partial charge in [-0.15, -0.1) is 0 Å². The SMILES string of the molecule is O=C([O-])C(=O)[O-].[K+].[K+].[Ti]. The minimum Gasteiger partial charge on any atom is -0.543 e. The molecule has 0 aromatic rings. The summed E-state index contributed by atoms with van der Waals surface area (Å²) >= 11 is 0. The molecule has 0 amide bonds. The van der Waals surface area contributed by atoms with Crippen molar-refractivity contribution in [2.45, 2.75) is 0 Å². The number of rotatable bonds is 0. The molecule has 0 fully saturated rings. The van der Waals surface area contributed by atoms with Crippen molar-refractivity contribution in [2.24, 2.45) is 0 Å². The summed E-state index contributed by atoms with van der Waals surface area (Å²) in [5.41, 5.74) is 0. The average Bonchev–Trinajstić information content (AvgIpc) is 1.36. The summed E-state index contributed by atoms with van der Waals surface area (Å²) in [6.07, 6.45) is 0. The third kappa shape index (κ3) is 18.1. The van der Waals surface area contributed by atoms with Crippen LogP contribution in [0.3, 0.4) is 0 Å². The van der Waals surface area contributed by atoms with Crippen LogP contribution in [0.4, 0.5) is 0 Å². The molecule has 4 nitrogen and oxygen atoms in total. The number of carboxylic acid groups (broad SMARTS) is 2. The van der Waals surface area contributed by atoms with Crippen molar-refractivity contribution in [3.05, 3.63) is 0 Å². The molecule has 0 unspecified atom stereocenters. The van der Waals surface area contributed by atoms with Gasteiger partial charge in [-0.3, -0.25) is 0 Å². The molecule has 0 aliphatic rings. The van der Waals surface area contributed by atoms with E-state index in [0.29, 0.717) is 0 Å². The second-order valence-electron chi connectivity index (χ2n) is 0.575. The Labute approximate surface area is 152 Å². The van der Waals surface area contributed by atoms with Crippen LogP contribution in [0.25, 0.3) is 0 Å². The van der Waals surface area contributed by atoms with Crippen molar-refractivity contribution in [1.82, 2.24) is 0 Å². The summed E-state index contributed by atoms with van der Waals surface area (Å²) in [5.74, 6) is -4.37. The molecule has 0 heterocycles. The van der Waals surface area contributed by atoms with E-state index in [2.05, 4.69) is 0 Å². The predicted octanol–water partition coefficient (Wildman–Crippen LogP) is -9.51. The Morgan fingerprint density at radius 3 is 1.00 bits per heavy atom. The fraction of sp³-hybridized carbons (Fsp3) is 0. The first-order chi connectivity index (χ1) is 2.64. The van der Waals surface area contributed by atoms with Crippen LogP contribution in [0.2, 0.25) is 0 Å². The molecule has 0 atom stereocenters. The monoisotopic (exact) mass is 214 g/mol. The standard InChI is InChI=1S/C2H2O4.2K.Ti/c3-1(4)2(5)6;;;/h(H,3,4)(H,5,6);;;/q;2*+1;/p-2. The molecule has 0 rings (SSSR count). The Bertz CT molecular complexity index is 82.6. The Balaban J connectivity index is -0.0000000417. The van der Waals surface area contributed by atoms with Gasteiger partial charge in [0.05, 0.1) is 11.9 Å². The van der Waals surface area contributed by atoms with Crippen molar-refractivity contribution in [3.63, 3.8) is 0 Å². The maximum absolute atomic E-state index is 8.93.